The first-order chi connectivity index (χ1) is 11.5. The summed E-state index contributed by atoms with van der Waals surface area (Å²) < 4.78 is 0. The second kappa shape index (κ2) is 13.7. The van der Waals surface area contributed by atoms with Crippen molar-refractivity contribution in [3.05, 3.63) is 30.3 Å². The molecule has 142 valence electrons. The third-order valence-electron chi connectivity index (χ3n) is 3.63. The number of halogens is 1. The SMILES string of the molecule is CCNC(=NCC(=O)N(C)C)NCCCCN(C)c1ccccc1.I. The van der Waals surface area contributed by atoms with Crippen LogP contribution >= 0.6 is 24.0 Å². The molecule has 1 rings (SSSR count). The van der Waals surface area contributed by atoms with Gasteiger partial charge in [0.15, 0.2) is 5.96 Å². The van der Waals surface area contributed by atoms with E-state index < -0.39 is 0 Å². The molecule has 0 aliphatic rings. The number of rotatable bonds is 9. The molecule has 0 unspecified atom stereocenters. The standard InChI is InChI=1S/C18H31N5O.HI/c1-5-19-18(21-15-17(24)22(2)3)20-13-9-10-14-23(4)16-11-7-6-8-12-16;/h6-8,11-12H,5,9-10,13-15H2,1-4H3,(H2,19,20,21);1H. The number of amides is 1. The highest BCUT2D eigenvalue weighted by atomic mass is 127. The molecule has 1 aromatic carbocycles. The van der Waals surface area contributed by atoms with E-state index in [2.05, 4.69) is 51.8 Å². The summed E-state index contributed by atoms with van der Waals surface area (Å²) >= 11 is 0. The van der Waals surface area contributed by atoms with E-state index in [1.807, 2.05) is 13.0 Å². The number of anilines is 1. The van der Waals surface area contributed by atoms with Gasteiger partial charge < -0.3 is 20.4 Å². The highest BCUT2D eigenvalue weighted by molar-refractivity contribution is 14.0. The van der Waals surface area contributed by atoms with E-state index in [1.54, 1.807) is 19.0 Å². The number of carbonyl (C=O) groups is 1. The molecule has 0 spiro atoms. The molecule has 0 aliphatic heterocycles. The molecule has 0 radical (unpaired) electrons. The molecule has 0 fully saturated rings. The van der Waals surface area contributed by atoms with Gasteiger partial charge in [0.1, 0.15) is 6.54 Å². The Kier molecular flexibility index (Phi) is 12.9. The van der Waals surface area contributed by atoms with Gasteiger partial charge in [0, 0.05) is 46.5 Å². The number of carbonyl (C=O) groups excluding carboxylic acids is 1. The van der Waals surface area contributed by atoms with Crippen molar-refractivity contribution < 1.29 is 4.79 Å². The maximum absolute atomic E-state index is 11.6. The average molecular weight is 461 g/mol. The maximum atomic E-state index is 11.6. The highest BCUT2D eigenvalue weighted by Crippen LogP contribution is 2.11. The molecule has 7 heteroatoms. The van der Waals surface area contributed by atoms with Crippen LogP contribution in [0.2, 0.25) is 0 Å². The molecule has 0 bridgehead atoms. The highest BCUT2D eigenvalue weighted by Gasteiger charge is 2.04. The van der Waals surface area contributed by atoms with Gasteiger partial charge >= 0.3 is 0 Å². The quantitative estimate of drug-likeness (QED) is 0.256. The van der Waals surface area contributed by atoms with Crippen molar-refractivity contribution >= 4 is 41.5 Å². The monoisotopic (exact) mass is 461 g/mol. The van der Waals surface area contributed by atoms with Gasteiger partial charge in [-0.25, -0.2) is 4.99 Å². The number of aliphatic imine (C=N–C) groups is 1. The number of benzene rings is 1. The third-order valence-corrected chi connectivity index (χ3v) is 3.63. The van der Waals surface area contributed by atoms with Crippen LogP contribution in [0.25, 0.3) is 0 Å². The van der Waals surface area contributed by atoms with Crippen LogP contribution in [0.5, 0.6) is 0 Å². The summed E-state index contributed by atoms with van der Waals surface area (Å²) in [4.78, 5) is 19.7. The van der Waals surface area contributed by atoms with Crippen LogP contribution in [-0.4, -0.2) is 64.1 Å². The van der Waals surface area contributed by atoms with Crippen molar-refractivity contribution in [3.8, 4) is 0 Å². The van der Waals surface area contributed by atoms with Crippen LogP contribution in [0.3, 0.4) is 0 Å². The Balaban J connectivity index is 0.00000576. The summed E-state index contributed by atoms with van der Waals surface area (Å²) in [6.07, 6.45) is 2.14. The van der Waals surface area contributed by atoms with E-state index in [-0.39, 0.29) is 36.4 Å². The summed E-state index contributed by atoms with van der Waals surface area (Å²) in [5, 5.41) is 6.44. The van der Waals surface area contributed by atoms with E-state index in [9.17, 15) is 4.79 Å². The van der Waals surface area contributed by atoms with Crippen LogP contribution in [0.1, 0.15) is 19.8 Å². The maximum Gasteiger partial charge on any atom is 0.243 e. The van der Waals surface area contributed by atoms with Crippen LogP contribution in [0.4, 0.5) is 5.69 Å². The smallest absolute Gasteiger partial charge is 0.243 e. The van der Waals surface area contributed by atoms with Gasteiger partial charge in [-0.2, -0.15) is 0 Å². The molecule has 0 aromatic heterocycles. The van der Waals surface area contributed by atoms with Crippen LogP contribution in [-0.2, 0) is 4.79 Å². The van der Waals surface area contributed by atoms with Crippen LogP contribution < -0.4 is 15.5 Å². The molecule has 2 N–H and O–H groups in total. The van der Waals surface area contributed by atoms with Gasteiger partial charge in [-0.05, 0) is 31.9 Å². The molecule has 6 nitrogen and oxygen atoms in total. The Morgan fingerprint density at radius 2 is 1.76 bits per heavy atom. The second-order valence-corrected chi connectivity index (χ2v) is 5.87. The van der Waals surface area contributed by atoms with E-state index in [4.69, 9.17) is 0 Å². The summed E-state index contributed by atoms with van der Waals surface area (Å²) in [6, 6.07) is 10.4. The molecule has 25 heavy (non-hydrogen) atoms. The summed E-state index contributed by atoms with van der Waals surface area (Å²) in [7, 11) is 5.59. The summed E-state index contributed by atoms with van der Waals surface area (Å²) in [6.45, 7) is 4.81. The third kappa shape index (κ3) is 10.2. The minimum atomic E-state index is -0.00307. The largest absolute Gasteiger partial charge is 0.375 e. The normalized spacial score (nSPS) is 10.6. The summed E-state index contributed by atoms with van der Waals surface area (Å²) in [5.41, 5.74) is 1.24. The molecule has 0 atom stereocenters. The Bertz CT molecular complexity index is 507. The van der Waals surface area contributed by atoms with Crippen molar-refractivity contribution in [1.82, 2.24) is 15.5 Å². The molecular weight excluding hydrogens is 429 g/mol. The van der Waals surface area contributed by atoms with Crippen LogP contribution in [0.15, 0.2) is 35.3 Å². The first-order valence-corrected chi connectivity index (χ1v) is 8.53. The molecular formula is C18H32IN5O. The van der Waals surface area contributed by atoms with Gasteiger partial charge in [0.2, 0.25) is 5.91 Å². The average Bonchev–Trinajstić information content (AvgIpc) is 2.59. The number of nitrogens with zero attached hydrogens (tertiary/aromatic N) is 3. The van der Waals surface area contributed by atoms with Gasteiger partial charge in [0.25, 0.3) is 0 Å². The molecule has 1 amide bonds. The van der Waals surface area contributed by atoms with Gasteiger partial charge in [-0.3, -0.25) is 4.79 Å². The predicted molar refractivity (Wildman–Crippen MR) is 117 cm³/mol. The second-order valence-electron chi connectivity index (χ2n) is 5.87. The lowest BCUT2D eigenvalue weighted by Crippen LogP contribution is -2.39. The number of unbranched alkanes of at least 4 members (excludes halogenated alkanes) is 1. The molecule has 0 saturated carbocycles. The zero-order valence-corrected chi connectivity index (χ0v) is 18.1. The Morgan fingerprint density at radius 3 is 2.36 bits per heavy atom. The number of hydrogen-bond donors (Lipinski definition) is 2. The predicted octanol–water partition coefficient (Wildman–Crippen LogP) is 2.16. The van der Waals surface area contributed by atoms with Crippen molar-refractivity contribution in [2.45, 2.75) is 19.8 Å². The van der Waals surface area contributed by atoms with E-state index in [0.29, 0.717) is 5.96 Å². The van der Waals surface area contributed by atoms with Gasteiger partial charge in [-0.15, -0.1) is 24.0 Å². The minimum Gasteiger partial charge on any atom is -0.375 e. The summed E-state index contributed by atoms with van der Waals surface area (Å²) in [5.74, 6) is 0.695. The Morgan fingerprint density at radius 1 is 1.08 bits per heavy atom. The fraction of sp³-hybridized carbons (Fsp3) is 0.556. The fourth-order valence-corrected chi connectivity index (χ4v) is 2.12. The van der Waals surface area contributed by atoms with E-state index >= 15 is 0 Å². The first kappa shape index (κ1) is 23.5. The molecule has 0 aliphatic carbocycles. The number of likely N-dealkylation sites (N-methyl/N-ethyl adjacent to an activating group) is 1. The fourth-order valence-electron chi connectivity index (χ4n) is 2.12. The minimum absolute atomic E-state index is 0. The lowest BCUT2D eigenvalue weighted by Gasteiger charge is -2.19. The zero-order valence-electron chi connectivity index (χ0n) is 15.8. The van der Waals surface area contributed by atoms with Gasteiger partial charge in [-0.1, -0.05) is 18.2 Å². The van der Waals surface area contributed by atoms with Crippen molar-refractivity contribution in [2.75, 3.05) is 52.2 Å². The number of guanidine groups is 1. The Hall–Kier alpha value is -1.51. The number of nitrogens with one attached hydrogen (secondary N) is 2. The van der Waals surface area contributed by atoms with Crippen molar-refractivity contribution in [3.63, 3.8) is 0 Å². The number of para-hydroxylation sites is 1. The molecule has 0 saturated heterocycles. The van der Waals surface area contributed by atoms with E-state index in [0.717, 1.165) is 32.5 Å². The number of hydrogen-bond acceptors (Lipinski definition) is 3. The zero-order chi connectivity index (χ0) is 17.8. The van der Waals surface area contributed by atoms with E-state index in [1.165, 1.54) is 5.69 Å². The lowest BCUT2D eigenvalue weighted by molar-refractivity contribution is -0.127. The van der Waals surface area contributed by atoms with Crippen molar-refractivity contribution in [2.24, 2.45) is 4.99 Å². The van der Waals surface area contributed by atoms with Crippen molar-refractivity contribution in [1.29, 1.82) is 0 Å². The topological polar surface area (TPSA) is 60.0 Å². The lowest BCUT2D eigenvalue weighted by atomic mass is 10.2. The molecule has 0 heterocycles. The van der Waals surface area contributed by atoms with Crippen LogP contribution in [0, 0.1) is 0 Å². The molecule has 1 aromatic rings. The first-order valence-electron chi connectivity index (χ1n) is 8.53. The Labute approximate surface area is 169 Å². The van der Waals surface area contributed by atoms with Gasteiger partial charge in [0.05, 0.1) is 0 Å².